The third-order valence-electron chi connectivity index (χ3n) is 3.24. The Morgan fingerprint density at radius 1 is 1.39 bits per heavy atom. The predicted octanol–water partition coefficient (Wildman–Crippen LogP) is 1.58. The normalized spacial score (nSPS) is 16.2. The number of ether oxygens (including phenoxy) is 1. The summed E-state index contributed by atoms with van der Waals surface area (Å²) in [6, 6.07) is 0. The van der Waals surface area contributed by atoms with Crippen LogP contribution >= 0.6 is 11.3 Å². The zero-order valence-electron chi connectivity index (χ0n) is 10.6. The van der Waals surface area contributed by atoms with Gasteiger partial charge in [-0.1, -0.05) is 0 Å². The fourth-order valence-corrected chi connectivity index (χ4v) is 2.70. The highest BCUT2D eigenvalue weighted by atomic mass is 32.1. The van der Waals surface area contributed by atoms with E-state index in [-0.39, 0.29) is 5.91 Å². The van der Waals surface area contributed by atoms with Crippen molar-refractivity contribution in [1.29, 1.82) is 0 Å². The molecule has 0 radical (unpaired) electrons. The number of carbonyl (C=O) groups is 2. The van der Waals surface area contributed by atoms with Crippen LogP contribution in [0.4, 0.5) is 5.00 Å². The van der Waals surface area contributed by atoms with Crippen molar-refractivity contribution < 1.29 is 14.3 Å². The van der Waals surface area contributed by atoms with Crippen LogP contribution < -0.4 is 11.1 Å². The highest BCUT2D eigenvalue weighted by Gasteiger charge is 2.46. The first kappa shape index (κ1) is 13.0. The van der Waals surface area contributed by atoms with Gasteiger partial charge < -0.3 is 15.8 Å². The van der Waals surface area contributed by atoms with Gasteiger partial charge in [0.15, 0.2) is 0 Å². The van der Waals surface area contributed by atoms with E-state index in [2.05, 4.69) is 5.32 Å². The molecule has 0 aliphatic heterocycles. The monoisotopic (exact) mass is 268 g/mol. The number of nitrogens with one attached hydrogen (secondary N) is 1. The van der Waals surface area contributed by atoms with Crippen LogP contribution in [0.3, 0.4) is 0 Å². The molecule has 1 aromatic heterocycles. The summed E-state index contributed by atoms with van der Waals surface area (Å²) in [6.45, 7) is 3.74. The second-order valence-corrected chi connectivity index (χ2v) is 5.81. The Balaban J connectivity index is 2.30. The molecule has 0 unspecified atom stereocenters. The lowest BCUT2D eigenvalue weighted by Crippen LogP contribution is -2.37. The van der Waals surface area contributed by atoms with E-state index in [1.807, 2.05) is 13.8 Å². The molecule has 5 nitrogen and oxygen atoms in total. The van der Waals surface area contributed by atoms with Gasteiger partial charge in [-0.15, -0.1) is 11.3 Å². The smallest absolute Gasteiger partial charge is 0.341 e. The van der Waals surface area contributed by atoms with Gasteiger partial charge in [-0.25, -0.2) is 4.79 Å². The van der Waals surface area contributed by atoms with Gasteiger partial charge in [0.25, 0.3) is 0 Å². The van der Waals surface area contributed by atoms with Crippen LogP contribution in [0.15, 0.2) is 0 Å². The number of aryl methyl sites for hydroxylation is 1. The van der Waals surface area contributed by atoms with Gasteiger partial charge >= 0.3 is 5.97 Å². The minimum Gasteiger partial charge on any atom is -0.465 e. The van der Waals surface area contributed by atoms with Crippen LogP contribution in [-0.4, -0.2) is 24.5 Å². The van der Waals surface area contributed by atoms with Crippen molar-refractivity contribution in [3.05, 3.63) is 16.0 Å². The highest BCUT2D eigenvalue weighted by molar-refractivity contribution is 7.16. The molecule has 1 aliphatic carbocycles. The van der Waals surface area contributed by atoms with Crippen LogP contribution in [0.1, 0.15) is 33.6 Å². The average Bonchev–Trinajstić information content (AvgIpc) is 3.01. The lowest BCUT2D eigenvalue weighted by Gasteiger charge is -2.10. The maximum atomic E-state index is 11.9. The van der Waals surface area contributed by atoms with Crippen LogP contribution in [-0.2, 0) is 9.53 Å². The van der Waals surface area contributed by atoms with Crippen molar-refractivity contribution >= 4 is 28.2 Å². The minimum absolute atomic E-state index is 0.228. The summed E-state index contributed by atoms with van der Waals surface area (Å²) in [6.07, 6.45) is 1.38. The largest absolute Gasteiger partial charge is 0.465 e. The van der Waals surface area contributed by atoms with Gasteiger partial charge in [0, 0.05) is 4.88 Å². The molecule has 2 rings (SSSR count). The summed E-state index contributed by atoms with van der Waals surface area (Å²) in [5.41, 5.74) is 6.33. The number of esters is 1. The molecule has 0 spiro atoms. The van der Waals surface area contributed by atoms with E-state index in [1.165, 1.54) is 18.4 Å². The van der Waals surface area contributed by atoms with E-state index >= 15 is 0 Å². The van der Waals surface area contributed by atoms with Gasteiger partial charge in [-0.05, 0) is 32.3 Å². The van der Waals surface area contributed by atoms with Gasteiger partial charge in [-0.2, -0.15) is 0 Å². The van der Waals surface area contributed by atoms with Crippen LogP contribution in [0, 0.1) is 13.8 Å². The molecule has 0 bridgehead atoms. The van der Waals surface area contributed by atoms with E-state index in [0.29, 0.717) is 23.4 Å². The quantitative estimate of drug-likeness (QED) is 0.815. The molecular formula is C12H16N2O3S. The van der Waals surface area contributed by atoms with Crippen molar-refractivity contribution in [1.82, 2.24) is 0 Å². The second-order valence-electron chi connectivity index (χ2n) is 4.59. The fraction of sp³-hybridized carbons (Fsp3) is 0.500. The number of amides is 1. The summed E-state index contributed by atoms with van der Waals surface area (Å²) in [7, 11) is 1.33. The molecule has 6 heteroatoms. The Kier molecular flexibility index (Phi) is 3.16. The molecule has 1 amide bonds. The Hall–Kier alpha value is -1.40. The molecule has 0 aromatic carbocycles. The fourth-order valence-electron chi connectivity index (χ4n) is 1.65. The van der Waals surface area contributed by atoms with E-state index in [0.717, 1.165) is 10.4 Å². The lowest BCUT2D eigenvalue weighted by molar-refractivity contribution is -0.118. The Bertz CT molecular complexity index is 518. The number of thiophene rings is 1. The average molecular weight is 268 g/mol. The molecule has 1 saturated carbocycles. The van der Waals surface area contributed by atoms with Crippen molar-refractivity contribution in [2.75, 3.05) is 12.4 Å². The summed E-state index contributed by atoms with van der Waals surface area (Å²) in [4.78, 5) is 24.6. The van der Waals surface area contributed by atoms with E-state index < -0.39 is 11.5 Å². The van der Waals surface area contributed by atoms with Crippen LogP contribution in [0.5, 0.6) is 0 Å². The number of carbonyl (C=O) groups excluding carboxylic acids is 2. The SMILES string of the molecule is COC(=O)c1c(NC(=O)C2(N)CC2)sc(C)c1C. The third-order valence-corrected chi connectivity index (χ3v) is 4.37. The molecule has 1 fully saturated rings. The van der Waals surface area contributed by atoms with Gasteiger partial charge in [0.05, 0.1) is 18.2 Å². The molecule has 1 aliphatic rings. The van der Waals surface area contributed by atoms with Crippen molar-refractivity contribution in [3.8, 4) is 0 Å². The third kappa shape index (κ3) is 2.13. The molecule has 0 atom stereocenters. The summed E-state index contributed by atoms with van der Waals surface area (Å²) < 4.78 is 4.74. The van der Waals surface area contributed by atoms with E-state index in [4.69, 9.17) is 10.5 Å². The first-order chi connectivity index (χ1) is 8.39. The van der Waals surface area contributed by atoms with Crippen molar-refractivity contribution in [2.24, 2.45) is 5.73 Å². The van der Waals surface area contributed by atoms with Crippen LogP contribution in [0.25, 0.3) is 0 Å². The van der Waals surface area contributed by atoms with Gasteiger partial charge in [-0.3, -0.25) is 4.79 Å². The maximum Gasteiger partial charge on any atom is 0.341 e. The molecule has 3 N–H and O–H groups in total. The first-order valence-corrected chi connectivity index (χ1v) is 6.49. The van der Waals surface area contributed by atoms with E-state index in [9.17, 15) is 9.59 Å². The number of hydrogen-bond acceptors (Lipinski definition) is 5. The van der Waals surface area contributed by atoms with Gasteiger partial charge in [0.1, 0.15) is 5.00 Å². The second kappa shape index (κ2) is 4.37. The molecule has 0 saturated heterocycles. The number of rotatable bonds is 3. The number of nitrogens with two attached hydrogens (primary N) is 1. The molecule has 98 valence electrons. The van der Waals surface area contributed by atoms with Crippen molar-refractivity contribution in [3.63, 3.8) is 0 Å². The molecule has 18 heavy (non-hydrogen) atoms. The maximum absolute atomic E-state index is 11.9. The number of hydrogen-bond donors (Lipinski definition) is 2. The van der Waals surface area contributed by atoms with Crippen molar-refractivity contribution in [2.45, 2.75) is 32.2 Å². The lowest BCUT2D eigenvalue weighted by atomic mass is 10.1. The Labute approximate surface area is 109 Å². The molecular weight excluding hydrogens is 252 g/mol. The van der Waals surface area contributed by atoms with Crippen LogP contribution in [0.2, 0.25) is 0 Å². The standard InChI is InChI=1S/C12H16N2O3S/c1-6-7(2)18-9(8(6)10(15)17-3)14-11(16)12(13)4-5-12/h4-5,13H2,1-3H3,(H,14,16). The Morgan fingerprint density at radius 2 is 2.00 bits per heavy atom. The van der Waals surface area contributed by atoms with E-state index in [1.54, 1.807) is 0 Å². The Morgan fingerprint density at radius 3 is 2.50 bits per heavy atom. The number of methoxy groups -OCH3 is 1. The molecule has 1 aromatic rings. The minimum atomic E-state index is -0.751. The first-order valence-electron chi connectivity index (χ1n) is 5.67. The molecule has 1 heterocycles. The topological polar surface area (TPSA) is 81.4 Å². The summed E-state index contributed by atoms with van der Waals surface area (Å²) >= 11 is 1.37. The van der Waals surface area contributed by atoms with Gasteiger partial charge in [0.2, 0.25) is 5.91 Å². The predicted molar refractivity (Wildman–Crippen MR) is 69.9 cm³/mol. The summed E-state index contributed by atoms with van der Waals surface area (Å²) in [5.74, 6) is -0.664. The number of anilines is 1. The zero-order chi connectivity index (χ0) is 13.5. The zero-order valence-corrected chi connectivity index (χ0v) is 11.4. The highest BCUT2D eigenvalue weighted by Crippen LogP contribution is 2.37. The summed E-state index contributed by atoms with van der Waals surface area (Å²) in [5, 5.41) is 3.27.